The normalized spacial score (nSPS) is 9.69. The Morgan fingerprint density at radius 3 is 3.08 bits per heavy atom. The first-order chi connectivity index (χ1) is 6.35. The van der Waals surface area contributed by atoms with Crippen LogP contribution in [0, 0.1) is 23.7 Å². The van der Waals surface area contributed by atoms with Crippen LogP contribution in [0.1, 0.15) is 5.69 Å². The maximum Gasteiger partial charge on any atom is 0.165 e. The van der Waals surface area contributed by atoms with E-state index in [1.807, 2.05) is 16.8 Å². The number of nitrogens with zero attached hydrogens (tertiary/aromatic N) is 4. The van der Waals surface area contributed by atoms with Crippen LogP contribution in [-0.2, 0) is 6.54 Å². The molecule has 4 heteroatoms. The van der Waals surface area contributed by atoms with Gasteiger partial charge in [0, 0.05) is 18.5 Å². The van der Waals surface area contributed by atoms with Crippen LogP contribution < -0.4 is 0 Å². The molecule has 0 aliphatic rings. The quantitative estimate of drug-likeness (QED) is 0.589. The molecule has 13 heavy (non-hydrogen) atoms. The van der Waals surface area contributed by atoms with Gasteiger partial charge in [-0.25, -0.2) is 4.52 Å². The number of terminal acetylenes is 1. The van der Waals surface area contributed by atoms with Gasteiger partial charge in [-0.15, -0.1) is 6.42 Å². The molecule has 0 radical (unpaired) electrons. The lowest BCUT2D eigenvalue weighted by Crippen LogP contribution is -1.92. The van der Waals surface area contributed by atoms with E-state index in [0.29, 0.717) is 12.2 Å². The van der Waals surface area contributed by atoms with Gasteiger partial charge in [0.15, 0.2) is 5.69 Å². The van der Waals surface area contributed by atoms with Gasteiger partial charge in [-0.3, -0.25) is 0 Å². The summed E-state index contributed by atoms with van der Waals surface area (Å²) in [6, 6.07) is 3.68. The minimum absolute atomic E-state index is 0.404. The first-order valence-electron chi connectivity index (χ1n) is 3.73. The highest BCUT2D eigenvalue weighted by Gasteiger charge is 2.03. The number of nitriles is 1. The summed E-state index contributed by atoms with van der Waals surface area (Å²) >= 11 is 0. The Kier molecular flexibility index (Phi) is 1.54. The number of rotatable bonds is 1. The predicted octanol–water partition coefficient (Wildman–Crippen LogP) is 0.641. The molecule has 0 atom stereocenters. The summed E-state index contributed by atoms with van der Waals surface area (Å²) in [5.41, 5.74) is 1.25. The molecule has 0 spiro atoms. The van der Waals surface area contributed by atoms with Crippen LogP contribution in [0.3, 0.4) is 0 Å². The van der Waals surface area contributed by atoms with E-state index in [1.165, 1.54) is 0 Å². The summed E-state index contributed by atoms with van der Waals surface area (Å²) in [7, 11) is 0. The smallest absolute Gasteiger partial charge is 0.165 e. The molecule has 2 aromatic heterocycles. The lowest BCUT2D eigenvalue weighted by Gasteiger charge is -1.93. The highest BCUT2D eigenvalue weighted by atomic mass is 15.3. The monoisotopic (exact) mass is 170 g/mol. The largest absolute Gasteiger partial charge is 0.320 e. The lowest BCUT2D eigenvalue weighted by atomic mass is 10.5. The van der Waals surface area contributed by atoms with Crippen LogP contribution in [0.5, 0.6) is 0 Å². The molecule has 0 bridgehead atoms. The molecule has 0 aliphatic carbocycles. The van der Waals surface area contributed by atoms with E-state index in [1.54, 1.807) is 16.8 Å². The second kappa shape index (κ2) is 2.69. The summed E-state index contributed by atoms with van der Waals surface area (Å²) in [4.78, 5) is 0. The van der Waals surface area contributed by atoms with Crippen molar-refractivity contribution < 1.29 is 0 Å². The minimum atomic E-state index is 0.404. The van der Waals surface area contributed by atoms with Gasteiger partial charge in [0.25, 0.3) is 0 Å². The van der Waals surface area contributed by atoms with Crippen molar-refractivity contribution in [3.05, 3.63) is 24.2 Å². The van der Waals surface area contributed by atoms with E-state index in [4.69, 9.17) is 11.7 Å². The van der Waals surface area contributed by atoms with Crippen molar-refractivity contribution in [3.63, 3.8) is 0 Å². The molecule has 0 amide bonds. The number of fused-ring (bicyclic) bond motifs is 1. The first-order valence-corrected chi connectivity index (χ1v) is 3.73. The fraction of sp³-hybridized carbons (Fsp3) is 0.111. The van der Waals surface area contributed by atoms with Gasteiger partial charge in [-0.1, -0.05) is 5.92 Å². The number of aromatic nitrogens is 3. The molecule has 0 saturated carbocycles. The predicted molar refractivity (Wildman–Crippen MR) is 46.7 cm³/mol. The van der Waals surface area contributed by atoms with Crippen molar-refractivity contribution >= 4 is 5.65 Å². The summed E-state index contributed by atoms with van der Waals surface area (Å²) in [6.45, 7) is 0.493. The highest BCUT2D eigenvalue weighted by Crippen LogP contribution is 2.06. The topological polar surface area (TPSA) is 46.0 Å². The van der Waals surface area contributed by atoms with E-state index in [0.717, 1.165) is 5.65 Å². The third-order valence-corrected chi connectivity index (χ3v) is 1.77. The lowest BCUT2D eigenvalue weighted by molar-refractivity contribution is 0.868. The number of hydrogen-bond acceptors (Lipinski definition) is 2. The third-order valence-electron chi connectivity index (χ3n) is 1.77. The van der Waals surface area contributed by atoms with Crippen LogP contribution in [0.25, 0.3) is 5.65 Å². The molecular weight excluding hydrogens is 164 g/mol. The maximum absolute atomic E-state index is 8.60. The van der Waals surface area contributed by atoms with E-state index in [2.05, 4.69) is 11.0 Å². The van der Waals surface area contributed by atoms with Crippen molar-refractivity contribution in [1.82, 2.24) is 14.2 Å². The Balaban J connectivity index is 2.61. The number of hydrogen-bond donors (Lipinski definition) is 0. The molecule has 0 fully saturated rings. The summed E-state index contributed by atoms with van der Waals surface area (Å²) < 4.78 is 3.49. The fourth-order valence-electron chi connectivity index (χ4n) is 1.22. The summed E-state index contributed by atoms with van der Waals surface area (Å²) in [6.07, 6.45) is 8.79. The molecule has 0 aliphatic heterocycles. The molecular formula is C9H6N4. The summed E-state index contributed by atoms with van der Waals surface area (Å²) in [5.74, 6) is 2.53. The van der Waals surface area contributed by atoms with E-state index in [-0.39, 0.29) is 0 Å². The first kappa shape index (κ1) is 7.45. The SMILES string of the molecule is C#CCn1ccn2nc(C#N)cc12. The molecule has 0 unspecified atom stereocenters. The molecule has 2 heterocycles. The molecule has 2 rings (SSSR count). The van der Waals surface area contributed by atoms with Crippen molar-refractivity contribution in [2.75, 3.05) is 0 Å². The Morgan fingerprint density at radius 1 is 1.54 bits per heavy atom. The molecule has 0 aromatic carbocycles. The van der Waals surface area contributed by atoms with Crippen molar-refractivity contribution in [2.45, 2.75) is 6.54 Å². The average Bonchev–Trinajstić information content (AvgIpc) is 2.67. The van der Waals surface area contributed by atoms with Gasteiger partial charge < -0.3 is 4.57 Å². The Hall–Kier alpha value is -2.20. The maximum atomic E-state index is 8.60. The van der Waals surface area contributed by atoms with Crippen LogP contribution in [-0.4, -0.2) is 14.2 Å². The highest BCUT2D eigenvalue weighted by molar-refractivity contribution is 5.44. The molecule has 0 saturated heterocycles. The van der Waals surface area contributed by atoms with Crippen LogP contribution >= 0.6 is 0 Å². The zero-order chi connectivity index (χ0) is 9.26. The Labute approximate surface area is 75.0 Å². The summed E-state index contributed by atoms with van der Waals surface area (Å²) in [5, 5.41) is 12.6. The van der Waals surface area contributed by atoms with Gasteiger partial charge in [-0.2, -0.15) is 10.4 Å². The van der Waals surface area contributed by atoms with Crippen molar-refractivity contribution in [3.8, 4) is 18.4 Å². The van der Waals surface area contributed by atoms with Gasteiger partial charge in [0.1, 0.15) is 11.7 Å². The van der Waals surface area contributed by atoms with Gasteiger partial charge in [0.2, 0.25) is 0 Å². The Bertz CT molecular complexity index is 518. The molecule has 62 valence electrons. The van der Waals surface area contributed by atoms with Crippen molar-refractivity contribution in [2.24, 2.45) is 0 Å². The van der Waals surface area contributed by atoms with Gasteiger partial charge in [-0.05, 0) is 0 Å². The minimum Gasteiger partial charge on any atom is -0.320 e. The zero-order valence-corrected chi connectivity index (χ0v) is 6.81. The van der Waals surface area contributed by atoms with Gasteiger partial charge in [0.05, 0.1) is 6.54 Å². The van der Waals surface area contributed by atoms with Crippen molar-refractivity contribution in [1.29, 1.82) is 5.26 Å². The molecule has 0 N–H and O–H groups in total. The van der Waals surface area contributed by atoms with E-state index >= 15 is 0 Å². The second-order valence-electron chi connectivity index (χ2n) is 2.57. The van der Waals surface area contributed by atoms with E-state index < -0.39 is 0 Å². The second-order valence-corrected chi connectivity index (χ2v) is 2.57. The average molecular weight is 170 g/mol. The molecule has 4 nitrogen and oxygen atoms in total. The Morgan fingerprint density at radius 2 is 2.38 bits per heavy atom. The standard InChI is InChI=1S/C9H6N4/c1-2-3-12-4-5-13-9(12)6-8(7-10)11-13/h1,4-6H,3H2. The third kappa shape index (κ3) is 1.05. The van der Waals surface area contributed by atoms with E-state index in [9.17, 15) is 0 Å². The van der Waals surface area contributed by atoms with Crippen LogP contribution in [0.15, 0.2) is 18.5 Å². The van der Waals surface area contributed by atoms with Crippen LogP contribution in [0.4, 0.5) is 0 Å². The van der Waals surface area contributed by atoms with Gasteiger partial charge >= 0.3 is 0 Å². The number of imidazole rings is 1. The van der Waals surface area contributed by atoms with Crippen LogP contribution in [0.2, 0.25) is 0 Å². The fourth-order valence-corrected chi connectivity index (χ4v) is 1.22. The zero-order valence-electron chi connectivity index (χ0n) is 6.81. The molecule has 2 aromatic rings.